The lowest BCUT2D eigenvalue weighted by molar-refractivity contribution is -0.172. The molecular formula is C20H16N2O4S. The molecule has 0 saturated carbocycles. The summed E-state index contributed by atoms with van der Waals surface area (Å²) in [6.45, 7) is 1.53. The van der Waals surface area contributed by atoms with Crippen LogP contribution < -0.4 is 5.56 Å². The van der Waals surface area contributed by atoms with Gasteiger partial charge in [-0.05, 0) is 24.6 Å². The summed E-state index contributed by atoms with van der Waals surface area (Å²) in [4.78, 5) is 30.1. The van der Waals surface area contributed by atoms with Gasteiger partial charge in [0.05, 0.1) is 22.5 Å². The van der Waals surface area contributed by atoms with Crippen molar-refractivity contribution >= 4 is 29.5 Å². The standard InChI is InChI=1S/C20H16N2O4S/c1-2-20(25)13-8-15-16-11(7-10-5-3-4-6-14(10)21-16)18(27)22(15)17(23)12(13)9-26-19(20)24/h3-8,18,25,27H,2,9H2,1H3/t18?,20-/m0/s1. The number of thiol groups is 1. The van der Waals surface area contributed by atoms with E-state index in [1.165, 1.54) is 0 Å². The molecule has 0 fully saturated rings. The summed E-state index contributed by atoms with van der Waals surface area (Å²) < 4.78 is 6.63. The van der Waals surface area contributed by atoms with Crippen molar-refractivity contribution in [1.82, 2.24) is 9.55 Å². The monoisotopic (exact) mass is 380 g/mol. The smallest absolute Gasteiger partial charge is 0.343 e. The van der Waals surface area contributed by atoms with Crippen LogP contribution in [-0.2, 0) is 21.7 Å². The van der Waals surface area contributed by atoms with Crippen LogP contribution in [0.15, 0.2) is 41.2 Å². The molecular weight excluding hydrogens is 364 g/mol. The molecule has 3 aromatic rings. The Labute approximate surface area is 159 Å². The van der Waals surface area contributed by atoms with E-state index < -0.39 is 16.9 Å². The molecule has 0 amide bonds. The first-order chi connectivity index (χ1) is 13.0. The summed E-state index contributed by atoms with van der Waals surface area (Å²) >= 11 is 4.65. The average molecular weight is 380 g/mol. The molecule has 7 heteroatoms. The van der Waals surface area contributed by atoms with Gasteiger partial charge in [0, 0.05) is 16.5 Å². The van der Waals surface area contributed by atoms with Crippen LogP contribution in [-0.4, -0.2) is 20.6 Å². The number of fused-ring (bicyclic) bond motifs is 5. The molecule has 0 saturated heterocycles. The molecule has 5 rings (SSSR count). The molecule has 6 nitrogen and oxygen atoms in total. The first-order valence-corrected chi connectivity index (χ1v) is 9.24. The van der Waals surface area contributed by atoms with Gasteiger partial charge in [0.2, 0.25) is 0 Å². The molecule has 136 valence electrons. The maximum atomic E-state index is 13.2. The highest BCUT2D eigenvalue weighted by Crippen LogP contribution is 2.43. The van der Waals surface area contributed by atoms with Crippen molar-refractivity contribution in [2.75, 3.05) is 0 Å². The van der Waals surface area contributed by atoms with Gasteiger partial charge in [0.1, 0.15) is 12.0 Å². The normalized spacial score (nSPS) is 22.9. The van der Waals surface area contributed by atoms with Gasteiger partial charge in [-0.15, -0.1) is 12.6 Å². The summed E-state index contributed by atoms with van der Waals surface area (Å²) in [6, 6.07) is 11.4. The van der Waals surface area contributed by atoms with Crippen LogP contribution in [0.25, 0.3) is 22.3 Å². The minimum Gasteiger partial charge on any atom is -0.458 e. The van der Waals surface area contributed by atoms with E-state index in [0.717, 1.165) is 16.5 Å². The number of hydrogen-bond donors (Lipinski definition) is 2. The molecule has 1 unspecified atom stereocenters. The Hall–Kier alpha value is -2.64. The topological polar surface area (TPSA) is 81.4 Å². The first-order valence-electron chi connectivity index (χ1n) is 8.72. The third-order valence-electron chi connectivity index (χ3n) is 5.50. The number of nitrogens with zero attached hydrogens (tertiary/aromatic N) is 2. The van der Waals surface area contributed by atoms with Gasteiger partial charge in [-0.2, -0.15) is 0 Å². The molecule has 4 heterocycles. The number of cyclic esters (lactones) is 1. The number of aromatic nitrogens is 2. The van der Waals surface area contributed by atoms with E-state index in [-0.39, 0.29) is 18.6 Å². The fourth-order valence-corrected chi connectivity index (χ4v) is 4.40. The molecule has 2 atom stereocenters. The number of aliphatic hydroxyl groups is 1. The van der Waals surface area contributed by atoms with E-state index in [1.54, 1.807) is 17.6 Å². The zero-order valence-corrected chi connectivity index (χ0v) is 15.4. The lowest BCUT2D eigenvalue weighted by Gasteiger charge is -2.31. The zero-order chi connectivity index (χ0) is 18.9. The van der Waals surface area contributed by atoms with Gasteiger partial charge in [-0.3, -0.25) is 9.36 Å². The van der Waals surface area contributed by atoms with E-state index in [4.69, 9.17) is 9.72 Å². The van der Waals surface area contributed by atoms with E-state index >= 15 is 0 Å². The highest BCUT2D eigenvalue weighted by Gasteiger charge is 2.46. The number of ether oxygens (including phenoxy) is 1. The SMILES string of the molecule is CC[C@@]1(O)C(=O)OCc2c1cc1n(c2=O)C(S)c2cc3ccccc3nc2-1. The van der Waals surface area contributed by atoms with Crippen molar-refractivity contribution in [3.63, 3.8) is 0 Å². The number of carbonyl (C=O) groups excluding carboxylic acids is 1. The van der Waals surface area contributed by atoms with E-state index in [9.17, 15) is 14.7 Å². The largest absolute Gasteiger partial charge is 0.458 e. The Bertz CT molecular complexity index is 1200. The quantitative estimate of drug-likeness (QED) is 0.501. The van der Waals surface area contributed by atoms with Crippen LogP contribution in [0.3, 0.4) is 0 Å². The molecule has 0 radical (unpaired) electrons. The van der Waals surface area contributed by atoms with E-state index in [2.05, 4.69) is 12.6 Å². The summed E-state index contributed by atoms with van der Waals surface area (Å²) in [7, 11) is 0. The summed E-state index contributed by atoms with van der Waals surface area (Å²) in [5.74, 6) is -0.728. The molecule has 0 spiro atoms. The number of rotatable bonds is 1. The summed E-state index contributed by atoms with van der Waals surface area (Å²) in [6.07, 6.45) is 0.115. The lowest BCUT2D eigenvalue weighted by atomic mass is 9.86. The van der Waals surface area contributed by atoms with Gasteiger partial charge in [-0.1, -0.05) is 25.1 Å². The molecule has 1 aromatic carbocycles. The third-order valence-corrected chi connectivity index (χ3v) is 6.01. The second-order valence-electron chi connectivity index (χ2n) is 6.88. The van der Waals surface area contributed by atoms with Gasteiger partial charge in [0.15, 0.2) is 5.60 Å². The molecule has 1 N–H and O–H groups in total. The van der Waals surface area contributed by atoms with Crippen molar-refractivity contribution in [3.8, 4) is 11.4 Å². The molecule has 2 aromatic heterocycles. The highest BCUT2D eigenvalue weighted by atomic mass is 32.1. The van der Waals surface area contributed by atoms with Crippen molar-refractivity contribution in [2.24, 2.45) is 0 Å². The molecule has 2 aliphatic rings. The molecule has 2 aliphatic heterocycles. The number of esters is 1. The Morgan fingerprint density at radius 3 is 2.89 bits per heavy atom. The maximum absolute atomic E-state index is 13.2. The van der Waals surface area contributed by atoms with Crippen molar-refractivity contribution < 1.29 is 14.6 Å². The Morgan fingerprint density at radius 2 is 2.11 bits per heavy atom. The second kappa shape index (κ2) is 5.43. The molecule has 27 heavy (non-hydrogen) atoms. The number of carbonyl (C=O) groups is 1. The third kappa shape index (κ3) is 2.04. The van der Waals surface area contributed by atoms with Crippen molar-refractivity contribution in [3.05, 3.63) is 63.4 Å². The van der Waals surface area contributed by atoms with Crippen LogP contribution in [0.4, 0.5) is 0 Å². The van der Waals surface area contributed by atoms with Crippen LogP contribution in [0.1, 0.15) is 35.4 Å². The second-order valence-corrected chi connectivity index (χ2v) is 7.37. The van der Waals surface area contributed by atoms with Crippen LogP contribution >= 0.6 is 12.6 Å². The highest BCUT2D eigenvalue weighted by molar-refractivity contribution is 7.80. The Morgan fingerprint density at radius 1 is 1.33 bits per heavy atom. The van der Waals surface area contributed by atoms with E-state index in [0.29, 0.717) is 22.5 Å². The fourth-order valence-electron chi connectivity index (χ4n) is 3.97. The predicted molar refractivity (Wildman–Crippen MR) is 103 cm³/mol. The minimum absolute atomic E-state index is 0.115. The van der Waals surface area contributed by atoms with Gasteiger partial charge in [-0.25, -0.2) is 9.78 Å². The molecule has 0 aliphatic carbocycles. The van der Waals surface area contributed by atoms with Gasteiger partial charge in [0.25, 0.3) is 5.56 Å². The van der Waals surface area contributed by atoms with Crippen molar-refractivity contribution in [1.29, 1.82) is 0 Å². The lowest BCUT2D eigenvalue weighted by Crippen LogP contribution is -2.44. The fraction of sp³-hybridized carbons (Fsp3) is 0.250. The number of hydrogen-bond acceptors (Lipinski definition) is 6. The maximum Gasteiger partial charge on any atom is 0.343 e. The van der Waals surface area contributed by atoms with E-state index in [1.807, 2.05) is 30.3 Å². The van der Waals surface area contributed by atoms with Crippen molar-refractivity contribution in [2.45, 2.75) is 30.9 Å². The Balaban J connectivity index is 1.85. The average Bonchev–Trinajstić information content (AvgIpc) is 2.95. The number of para-hydroxylation sites is 1. The van der Waals surface area contributed by atoms with Crippen LogP contribution in [0.5, 0.6) is 0 Å². The number of pyridine rings is 2. The Kier molecular flexibility index (Phi) is 3.33. The summed E-state index contributed by atoms with van der Waals surface area (Å²) in [5.41, 5.74) is 1.29. The summed E-state index contributed by atoms with van der Waals surface area (Å²) in [5, 5.41) is 11.4. The number of benzene rings is 1. The molecule has 0 bridgehead atoms. The van der Waals surface area contributed by atoms with Crippen LogP contribution in [0, 0.1) is 0 Å². The first kappa shape index (κ1) is 16.5. The zero-order valence-electron chi connectivity index (χ0n) is 14.5. The predicted octanol–water partition coefficient (Wildman–Crippen LogP) is 2.51. The van der Waals surface area contributed by atoms with Gasteiger partial charge >= 0.3 is 5.97 Å². The van der Waals surface area contributed by atoms with Gasteiger partial charge < -0.3 is 9.84 Å². The van der Waals surface area contributed by atoms with Crippen LogP contribution in [0.2, 0.25) is 0 Å². The minimum atomic E-state index is -1.83.